The number of nitrogens with zero attached hydrogens (tertiary/aromatic N) is 2. The fourth-order valence-corrected chi connectivity index (χ4v) is 3.39. The minimum absolute atomic E-state index is 0.659. The van der Waals surface area contributed by atoms with E-state index in [4.69, 9.17) is 0 Å². The standard InChI is InChI=1S/C15H23N3S/c1-5-6-13-10-16-15(19-13)17-12-8-7-11(2)14(9-12)18(3)4/h7-9,13H,5-6,10H2,1-4H3,(H,16,17). The van der Waals surface area contributed by atoms with Gasteiger partial charge in [0.15, 0.2) is 5.17 Å². The molecule has 1 aliphatic rings. The molecule has 1 heterocycles. The largest absolute Gasteiger partial charge is 0.377 e. The Balaban J connectivity index is 2.02. The molecule has 104 valence electrons. The molecule has 0 aliphatic carbocycles. The zero-order chi connectivity index (χ0) is 13.8. The fraction of sp³-hybridized carbons (Fsp3) is 0.533. The molecule has 1 atom stereocenters. The first-order valence-electron chi connectivity index (χ1n) is 6.86. The van der Waals surface area contributed by atoms with Crippen molar-refractivity contribution in [2.45, 2.75) is 31.9 Å². The van der Waals surface area contributed by atoms with Gasteiger partial charge in [0.25, 0.3) is 0 Å². The molecule has 19 heavy (non-hydrogen) atoms. The second-order valence-electron chi connectivity index (χ2n) is 5.20. The molecule has 0 amide bonds. The molecule has 3 nitrogen and oxygen atoms in total. The van der Waals surface area contributed by atoms with E-state index in [1.54, 1.807) is 0 Å². The molecule has 1 aliphatic heterocycles. The fourth-order valence-electron chi connectivity index (χ4n) is 2.25. The molecule has 0 bridgehead atoms. The van der Waals surface area contributed by atoms with Gasteiger partial charge in [-0.15, -0.1) is 0 Å². The van der Waals surface area contributed by atoms with Crippen LogP contribution in [0.1, 0.15) is 25.3 Å². The van der Waals surface area contributed by atoms with Crippen molar-refractivity contribution in [1.82, 2.24) is 0 Å². The number of hydrogen-bond acceptors (Lipinski definition) is 4. The molecule has 0 saturated carbocycles. The van der Waals surface area contributed by atoms with Crippen LogP contribution in [0.3, 0.4) is 0 Å². The first-order chi connectivity index (χ1) is 9.10. The Bertz CT molecular complexity index is 468. The molecule has 2 rings (SSSR count). The summed E-state index contributed by atoms with van der Waals surface area (Å²) in [5.41, 5.74) is 3.66. The minimum Gasteiger partial charge on any atom is -0.377 e. The number of nitrogens with one attached hydrogen (secondary N) is 1. The van der Waals surface area contributed by atoms with Crippen LogP contribution in [0.4, 0.5) is 11.4 Å². The third-order valence-corrected chi connectivity index (χ3v) is 4.44. The number of anilines is 2. The van der Waals surface area contributed by atoms with Crippen LogP contribution in [0.5, 0.6) is 0 Å². The van der Waals surface area contributed by atoms with Crippen molar-refractivity contribution in [1.29, 1.82) is 0 Å². The van der Waals surface area contributed by atoms with Crippen molar-refractivity contribution in [2.75, 3.05) is 30.9 Å². The Labute approximate surface area is 120 Å². The van der Waals surface area contributed by atoms with Crippen LogP contribution in [0, 0.1) is 6.92 Å². The topological polar surface area (TPSA) is 27.6 Å². The molecule has 0 saturated heterocycles. The maximum Gasteiger partial charge on any atom is 0.161 e. The summed E-state index contributed by atoms with van der Waals surface area (Å²) in [4.78, 5) is 6.73. The summed E-state index contributed by atoms with van der Waals surface area (Å²) >= 11 is 1.87. The highest BCUT2D eigenvalue weighted by Crippen LogP contribution is 2.28. The molecule has 0 aromatic heterocycles. The first kappa shape index (κ1) is 14.3. The van der Waals surface area contributed by atoms with Crippen molar-refractivity contribution < 1.29 is 0 Å². The Hall–Kier alpha value is -1.16. The van der Waals surface area contributed by atoms with Gasteiger partial charge in [-0.3, -0.25) is 4.99 Å². The van der Waals surface area contributed by atoms with Gasteiger partial charge in [-0.1, -0.05) is 31.2 Å². The monoisotopic (exact) mass is 277 g/mol. The van der Waals surface area contributed by atoms with Crippen LogP contribution >= 0.6 is 11.8 Å². The van der Waals surface area contributed by atoms with Crippen LogP contribution in [-0.2, 0) is 0 Å². The van der Waals surface area contributed by atoms with Gasteiger partial charge in [-0.05, 0) is 31.0 Å². The number of aliphatic imine (C=N–C) groups is 1. The van der Waals surface area contributed by atoms with E-state index in [1.807, 2.05) is 11.8 Å². The van der Waals surface area contributed by atoms with Gasteiger partial charge in [0.05, 0.1) is 6.54 Å². The second-order valence-corrected chi connectivity index (χ2v) is 6.48. The smallest absolute Gasteiger partial charge is 0.161 e. The molecule has 1 N–H and O–H groups in total. The number of rotatable bonds is 4. The van der Waals surface area contributed by atoms with E-state index < -0.39 is 0 Å². The summed E-state index contributed by atoms with van der Waals surface area (Å²) in [5.74, 6) is 0. The van der Waals surface area contributed by atoms with Crippen LogP contribution in [0.15, 0.2) is 23.2 Å². The molecular formula is C15H23N3S. The lowest BCUT2D eigenvalue weighted by Crippen LogP contribution is -2.12. The molecular weight excluding hydrogens is 254 g/mol. The summed E-state index contributed by atoms with van der Waals surface area (Å²) in [7, 11) is 4.15. The Morgan fingerprint density at radius 1 is 1.42 bits per heavy atom. The second kappa shape index (κ2) is 6.33. The van der Waals surface area contributed by atoms with Gasteiger partial charge in [0.1, 0.15) is 0 Å². The van der Waals surface area contributed by atoms with Crippen molar-refractivity contribution in [2.24, 2.45) is 4.99 Å². The molecule has 0 radical (unpaired) electrons. The Morgan fingerprint density at radius 2 is 2.21 bits per heavy atom. The number of aryl methyl sites for hydroxylation is 1. The van der Waals surface area contributed by atoms with E-state index in [9.17, 15) is 0 Å². The Morgan fingerprint density at radius 3 is 2.89 bits per heavy atom. The van der Waals surface area contributed by atoms with E-state index >= 15 is 0 Å². The van der Waals surface area contributed by atoms with E-state index in [2.05, 4.69) is 61.4 Å². The van der Waals surface area contributed by atoms with Gasteiger partial charge in [0, 0.05) is 30.7 Å². The highest BCUT2D eigenvalue weighted by molar-refractivity contribution is 8.15. The average molecular weight is 277 g/mol. The molecule has 1 aromatic rings. The Kier molecular flexibility index (Phi) is 4.75. The molecule has 1 unspecified atom stereocenters. The predicted octanol–water partition coefficient (Wildman–Crippen LogP) is 3.74. The van der Waals surface area contributed by atoms with E-state index in [-0.39, 0.29) is 0 Å². The van der Waals surface area contributed by atoms with Crippen LogP contribution in [-0.4, -0.2) is 31.1 Å². The number of thioether (sulfide) groups is 1. The quantitative estimate of drug-likeness (QED) is 0.908. The summed E-state index contributed by atoms with van der Waals surface area (Å²) < 4.78 is 0. The lowest BCUT2D eigenvalue weighted by Gasteiger charge is -2.17. The maximum absolute atomic E-state index is 4.58. The van der Waals surface area contributed by atoms with E-state index in [0.717, 1.165) is 17.4 Å². The number of benzene rings is 1. The lowest BCUT2D eigenvalue weighted by molar-refractivity contribution is 0.754. The molecule has 1 aromatic carbocycles. The normalized spacial score (nSPS) is 18.3. The summed E-state index contributed by atoms with van der Waals surface area (Å²) in [6.07, 6.45) is 2.48. The average Bonchev–Trinajstić information content (AvgIpc) is 2.79. The summed E-state index contributed by atoms with van der Waals surface area (Å²) in [5, 5.41) is 5.16. The van der Waals surface area contributed by atoms with Gasteiger partial charge >= 0.3 is 0 Å². The van der Waals surface area contributed by atoms with Gasteiger partial charge in [0.2, 0.25) is 0 Å². The van der Waals surface area contributed by atoms with Gasteiger partial charge in [-0.25, -0.2) is 0 Å². The third kappa shape index (κ3) is 3.66. The summed E-state index contributed by atoms with van der Waals surface area (Å²) in [6.45, 7) is 5.32. The summed E-state index contributed by atoms with van der Waals surface area (Å²) in [6, 6.07) is 6.46. The maximum atomic E-state index is 4.58. The zero-order valence-electron chi connectivity index (χ0n) is 12.2. The minimum atomic E-state index is 0.659. The lowest BCUT2D eigenvalue weighted by atomic mass is 10.1. The van der Waals surface area contributed by atoms with Crippen LogP contribution in [0.2, 0.25) is 0 Å². The highest BCUT2D eigenvalue weighted by atomic mass is 32.2. The van der Waals surface area contributed by atoms with Gasteiger partial charge in [-0.2, -0.15) is 0 Å². The first-order valence-corrected chi connectivity index (χ1v) is 7.74. The zero-order valence-corrected chi connectivity index (χ0v) is 13.0. The van der Waals surface area contributed by atoms with E-state index in [1.165, 1.54) is 24.1 Å². The van der Waals surface area contributed by atoms with Crippen molar-refractivity contribution in [3.63, 3.8) is 0 Å². The van der Waals surface area contributed by atoms with Crippen LogP contribution < -0.4 is 10.2 Å². The number of hydrogen-bond donors (Lipinski definition) is 1. The molecule has 0 fully saturated rings. The van der Waals surface area contributed by atoms with Crippen molar-refractivity contribution in [3.05, 3.63) is 23.8 Å². The van der Waals surface area contributed by atoms with Crippen LogP contribution in [0.25, 0.3) is 0 Å². The van der Waals surface area contributed by atoms with Gasteiger partial charge < -0.3 is 10.2 Å². The van der Waals surface area contributed by atoms with E-state index in [0.29, 0.717) is 5.25 Å². The highest BCUT2D eigenvalue weighted by Gasteiger charge is 2.18. The third-order valence-electron chi connectivity index (χ3n) is 3.27. The van der Waals surface area contributed by atoms with Crippen molar-refractivity contribution in [3.8, 4) is 0 Å². The molecule has 4 heteroatoms. The molecule has 0 spiro atoms. The SMILES string of the molecule is CCCC1CN=C(Nc2ccc(C)c(N(C)C)c2)S1. The number of amidine groups is 1. The predicted molar refractivity (Wildman–Crippen MR) is 87.7 cm³/mol. The van der Waals surface area contributed by atoms with Crippen molar-refractivity contribution >= 4 is 28.3 Å².